The third-order valence-corrected chi connectivity index (χ3v) is 4.21. The van der Waals surface area contributed by atoms with Crippen LogP contribution in [0.2, 0.25) is 0 Å². The summed E-state index contributed by atoms with van der Waals surface area (Å²) < 4.78 is 17.4. The fourth-order valence-corrected chi connectivity index (χ4v) is 2.92. The maximum atomic E-state index is 12.6. The second-order valence-electron chi connectivity index (χ2n) is 5.36. The number of anilines is 1. The molecule has 2 aromatic carbocycles. The van der Waals surface area contributed by atoms with Crippen molar-refractivity contribution in [1.29, 1.82) is 0 Å². The molecule has 1 heterocycles. The number of hydrogen-bond acceptors (Lipinski definition) is 4. The van der Waals surface area contributed by atoms with Crippen LogP contribution in [0.5, 0.6) is 17.2 Å². The zero-order valence-electron chi connectivity index (χ0n) is 14.0. The average molecular weight is 404 g/mol. The lowest BCUT2D eigenvalue weighted by Gasteiger charge is -2.20. The van der Waals surface area contributed by atoms with Crippen molar-refractivity contribution < 1.29 is 19.0 Å². The molecule has 130 valence electrons. The zero-order valence-corrected chi connectivity index (χ0v) is 15.6. The van der Waals surface area contributed by atoms with Gasteiger partial charge < -0.3 is 19.5 Å². The normalized spacial score (nSPS) is 12.5. The Kier molecular flexibility index (Phi) is 5.28. The van der Waals surface area contributed by atoms with E-state index in [9.17, 15) is 4.79 Å². The van der Waals surface area contributed by atoms with Crippen molar-refractivity contribution in [1.82, 2.24) is 0 Å². The molecule has 1 N–H and O–H groups in total. The monoisotopic (exact) mass is 403 g/mol. The summed E-state index contributed by atoms with van der Waals surface area (Å²) in [7, 11) is 1.59. The molecule has 1 aliphatic heterocycles. The predicted octanol–water partition coefficient (Wildman–Crippen LogP) is 4.27. The predicted molar refractivity (Wildman–Crippen MR) is 100 cm³/mol. The van der Waals surface area contributed by atoms with Gasteiger partial charge in [0.05, 0.1) is 25.0 Å². The first kappa shape index (κ1) is 17.4. The Hall–Kier alpha value is -2.47. The molecule has 0 unspecified atom stereocenters. The second-order valence-corrected chi connectivity index (χ2v) is 6.28. The Morgan fingerprint density at radius 1 is 1.28 bits per heavy atom. The van der Waals surface area contributed by atoms with Gasteiger partial charge >= 0.3 is 0 Å². The molecule has 2 aromatic rings. The Bertz CT molecular complexity index is 832. The Balaban J connectivity index is 1.85. The molecule has 5 nitrogen and oxygen atoms in total. The summed E-state index contributed by atoms with van der Waals surface area (Å²) in [6.07, 6.45) is 1.81. The van der Waals surface area contributed by atoms with Gasteiger partial charge in [0.25, 0.3) is 5.91 Å². The summed E-state index contributed by atoms with van der Waals surface area (Å²) in [5.41, 5.74) is 1.96. The highest BCUT2D eigenvalue weighted by Crippen LogP contribution is 2.36. The number of hydrogen-bond donors (Lipinski definition) is 1. The smallest absolute Gasteiger partial charge is 0.255 e. The molecule has 6 heteroatoms. The molecule has 1 amide bonds. The SMILES string of the molecule is CCOc1ccc(Br)cc1NC(=O)C1=Cc2cccc(OC)c2OC1. The summed E-state index contributed by atoms with van der Waals surface area (Å²) >= 11 is 3.41. The van der Waals surface area contributed by atoms with Crippen molar-refractivity contribution in [2.75, 3.05) is 25.6 Å². The van der Waals surface area contributed by atoms with E-state index in [1.807, 2.05) is 49.4 Å². The lowest BCUT2D eigenvalue weighted by Crippen LogP contribution is -2.21. The van der Waals surface area contributed by atoms with Crippen molar-refractivity contribution in [2.24, 2.45) is 0 Å². The number of fused-ring (bicyclic) bond motifs is 1. The van der Waals surface area contributed by atoms with Gasteiger partial charge in [0, 0.05) is 10.0 Å². The zero-order chi connectivity index (χ0) is 17.8. The highest BCUT2D eigenvalue weighted by Gasteiger charge is 2.21. The maximum absolute atomic E-state index is 12.6. The third kappa shape index (κ3) is 3.79. The molecule has 0 fully saturated rings. The first-order valence-electron chi connectivity index (χ1n) is 7.86. The fourth-order valence-electron chi connectivity index (χ4n) is 2.56. The van der Waals surface area contributed by atoms with Crippen molar-refractivity contribution in [3.8, 4) is 17.2 Å². The standard InChI is InChI=1S/C19H18BrNO4/c1-3-24-16-8-7-14(20)10-15(16)21-19(22)13-9-12-5-4-6-17(23-2)18(12)25-11-13/h4-10H,3,11H2,1-2H3,(H,21,22). The molecule has 0 saturated heterocycles. The minimum absolute atomic E-state index is 0.178. The molecule has 1 aliphatic rings. The minimum atomic E-state index is -0.229. The number of amides is 1. The van der Waals surface area contributed by atoms with Crippen molar-refractivity contribution >= 4 is 33.6 Å². The molecule has 0 aliphatic carbocycles. The summed E-state index contributed by atoms with van der Waals surface area (Å²) in [6.45, 7) is 2.59. The van der Waals surface area contributed by atoms with Gasteiger partial charge in [0.1, 0.15) is 12.4 Å². The first-order chi connectivity index (χ1) is 12.1. The number of halogens is 1. The van der Waals surface area contributed by atoms with Crippen molar-refractivity contribution in [3.63, 3.8) is 0 Å². The molecule has 0 saturated carbocycles. The van der Waals surface area contributed by atoms with E-state index in [-0.39, 0.29) is 12.5 Å². The van der Waals surface area contributed by atoms with Gasteiger partial charge in [-0.25, -0.2) is 0 Å². The molecular formula is C19H18BrNO4. The van der Waals surface area contributed by atoms with Crippen LogP contribution in [-0.2, 0) is 4.79 Å². The van der Waals surface area contributed by atoms with Crippen LogP contribution in [-0.4, -0.2) is 26.2 Å². The largest absolute Gasteiger partial charge is 0.493 e. The van der Waals surface area contributed by atoms with Gasteiger partial charge in [-0.3, -0.25) is 4.79 Å². The average Bonchev–Trinajstić information content (AvgIpc) is 2.63. The van der Waals surface area contributed by atoms with Crippen LogP contribution in [0.15, 0.2) is 46.4 Å². The number of carbonyl (C=O) groups excluding carboxylic acids is 1. The Morgan fingerprint density at radius 2 is 2.12 bits per heavy atom. The lowest BCUT2D eigenvalue weighted by atomic mass is 10.1. The summed E-state index contributed by atoms with van der Waals surface area (Å²) in [5, 5.41) is 2.89. The van der Waals surface area contributed by atoms with E-state index in [4.69, 9.17) is 14.2 Å². The topological polar surface area (TPSA) is 56.8 Å². The van der Waals surface area contributed by atoms with Crippen LogP contribution in [0.25, 0.3) is 6.08 Å². The molecule has 0 atom stereocenters. The fraction of sp³-hybridized carbons (Fsp3) is 0.211. The van der Waals surface area contributed by atoms with Crippen LogP contribution in [0, 0.1) is 0 Å². The number of para-hydroxylation sites is 1. The molecule has 25 heavy (non-hydrogen) atoms. The highest BCUT2D eigenvalue weighted by molar-refractivity contribution is 9.10. The highest BCUT2D eigenvalue weighted by atomic mass is 79.9. The minimum Gasteiger partial charge on any atom is -0.493 e. The molecule has 0 aromatic heterocycles. The number of benzene rings is 2. The van der Waals surface area contributed by atoms with Gasteiger partial charge in [-0.05, 0) is 37.3 Å². The third-order valence-electron chi connectivity index (χ3n) is 3.71. The number of nitrogens with one attached hydrogen (secondary N) is 1. The second kappa shape index (κ2) is 7.61. The summed E-state index contributed by atoms with van der Waals surface area (Å²) in [4.78, 5) is 12.6. The molecule has 3 rings (SSSR count). The van der Waals surface area contributed by atoms with Gasteiger partial charge in [-0.15, -0.1) is 0 Å². The van der Waals surface area contributed by atoms with Gasteiger partial charge in [0.2, 0.25) is 0 Å². The van der Waals surface area contributed by atoms with Gasteiger partial charge in [0.15, 0.2) is 11.5 Å². The number of rotatable bonds is 5. The molecule has 0 radical (unpaired) electrons. The van der Waals surface area contributed by atoms with E-state index in [1.165, 1.54) is 0 Å². The first-order valence-corrected chi connectivity index (χ1v) is 8.65. The quantitative estimate of drug-likeness (QED) is 0.809. The van der Waals surface area contributed by atoms with Gasteiger partial charge in [-0.1, -0.05) is 28.1 Å². The Morgan fingerprint density at radius 3 is 2.88 bits per heavy atom. The van der Waals surface area contributed by atoms with E-state index in [0.717, 1.165) is 10.0 Å². The van der Waals surface area contributed by atoms with Crippen LogP contribution in [0.1, 0.15) is 12.5 Å². The van der Waals surface area contributed by atoms with E-state index in [0.29, 0.717) is 35.1 Å². The molecule has 0 bridgehead atoms. The summed E-state index contributed by atoms with van der Waals surface area (Å²) in [5.74, 6) is 1.70. The summed E-state index contributed by atoms with van der Waals surface area (Å²) in [6, 6.07) is 11.1. The van der Waals surface area contributed by atoms with Crippen molar-refractivity contribution in [2.45, 2.75) is 6.92 Å². The number of methoxy groups -OCH3 is 1. The van der Waals surface area contributed by atoms with Crippen LogP contribution in [0.3, 0.4) is 0 Å². The van der Waals surface area contributed by atoms with Crippen LogP contribution >= 0.6 is 15.9 Å². The van der Waals surface area contributed by atoms with E-state index in [1.54, 1.807) is 7.11 Å². The van der Waals surface area contributed by atoms with E-state index in [2.05, 4.69) is 21.2 Å². The van der Waals surface area contributed by atoms with Crippen molar-refractivity contribution in [3.05, 3.63) is 52.0 Å². The number of ether oxygens (including phenoxy) is 3. The van der Waals surface area contributed by atoms with Crippen LogP contribution < -0.4 is 19.5 Å². The lowest BCUT2D eigenvalue weighted by molar-refractivity contribution is -0.113. The number of carbonyl (C=O) groups is 1. The van der Waals surface area contributed by atoms with Crippen LogP contribution in [0.4, 0.5) is 5.69 Å². The Labute approximate surface area is 154 Å². The maximum Gasteiger partial charge on any atom is 0.255 e. The van der Waals surface area contributed by atoms with Gasteiger partial charge in [-0.2, -0.15) is 0 Å². The van der Waals surface area contributed by atoms with E-state index >= 15 is 0 Å². The molecule has 0 spiro atoms. The molecular weight excluding hydrogens is 386 g/mol. The van der Waals surface area contributed by atoms with E-state index < -0.39 is 0 Å².